The van der Waals surface area contributed by atoms with E-state index in [4.69, 9.17) is 4.74 Å². The molecule has 0 aliphatic carbocycles. The van der Waals surface area contributed by atoms with Crippen LogP contribution in [0.25, 0.3) is 6.08 Å². The Morgan fingerprint density at radius 3 is 2.72 bits per heavy atom. The maximum Gasteiger partial charge on any atom is 0.269 e. The van der Waals surface area contributed by atoms with E-state index in [1.807, 2.05) is 0 Å². The van der Waals surface area contributed by atoms with E-state index < -0.39 is 4.92 Å². The summed E-state index contributed by atoms with van der Waals surface area (Å²) in [5, 5.41) is 21.2. The number of non-ortho nitro benzene ring substituents is 1. The molecule has 2 aromatic rings. The van der Waals surface area contributed by atoms with Gasteiger partial charge in [0.2, 0.25) is 5.78 Å². The first-order valence-corrected chi connectivity index (χ1v) is 9.68. The summed E-state index contributed by atoms with van der Waals surface area (Å²) in [4.78, 5) is 25.4. The van der Waals surface area contributed by atoms with Gasteiger partial charge in [-0.2, -0.15) is 0 Å². The third-order valence-electron chi connectivity index (χ3n) is 5.44. The van der Waals surface area contributed by atoms with Crippen molar-refractivity contribution in [2.75, 3.05) is 13.1 Å². The van der Waals surface area contributed by atoms with E-state index in [-0.39, 0.29) is 23.0 Å². The molecule has 1 atom stereocenters. The summed E-state index contributed by atoms with van der Waals surface area (Å²) in [5.74, 6) is 1.01. The number of nitrogens with zero attached hydrogens (tertiary/aromatic N) is 2. The van der Waals surface area contributed by atoms with Gasteiger partial charge < -0.3 is 9.84 Å². The molecule has 1 saturated heterocycles. The number of carbonyl (C=O) groups is 1. The minimum Gasteiger partial charge on any atom is -0.507 e. The van der Waals surface area contributed by atoms with Crippen molar-refractivity contribution in [3.05, 3.63) is 69.0 Å². The molecule has 4 rings (SSSR count). The van der Waals surface area contributed by atoms with Crippen molar-refractivity contribution in [3.63, 3.8) is 0 Å². The molecule has 2 aliphatic heterocycles. The molecule has 2 aliphatic rings. The van der Waals surface area contributed by atoms with Gasteiger partial charge in [0.05, 0.1) is 16.1 Å². The molecule has 0 spiro atoms. The molecule has 0 aromatic heterocycles. The Morgan fingerprint density at radius 1 is 1.28 bits per heavy atom. The Morgan fingerprint density at radius 2 is 2.03 bits per heavy atom. The third-order valence-corrected chi connectivity index (χ3v) is 5.44. The predicted molar refractivity (Wildman–Crippen MR) is 108 cm³/mol. The number of ether oxygens (including phenoxy) is 1. The number of hydrogen-bond donors (Lipinski definition) is 1. The Labute approximate surface area is 168 Å². The number of nitro benzene ring substituents is 1. The van der Waals surface area contributed by atoms with Crippen LogP contribution in [-0.2, 0) is 6.54 Å². The second-order valence-corrected chi connectivity index (χ2v) is 7.71. The molecule has 7 heteroatoms. The molecule has 1 N–H and O–H groups in total. The molecular weight excluding hydrogens is 372 g/mol. The molecule has 2 aromatic carbocycles. The summed E-state index contributed by atoms with van der Waals surface area (Å²) in [6, 6.07) is 9.02. The normalized spacial score (nSPS) is 20.5. The summed E-state index contributed by atoms with van der Waals surface area (Å²) in [7, 11) is 0. The number of hydrogen-bond acceptors (Lipinski definition) is 6. The van der Waals surface area contributed by atoms with Gasteiger partial charge >= 0.3 is 0 Å². The number of nitro groups is 1. The third kappa shape index (κ3) is 3.86. The fourth-order valence-corrected chi connectivity index (χ4v) is 3.95. The lowest BCUT2D eigenvalue weighted by atomic mass is 9.99. The smallest absolute Gasteiger partial charge is 0.269 e. The van der Waals surface area contributed by atoms with Crippen molar-refractivity contribution in [1.82, 2.24) is 4.90 Å². The number of piperidine rings is 1. The van der Waals surface area contributed by atoms with Crippen molar-refractivity contribution < 1.29 is 19.6 Å². The number of carbonyl (C=O) groups excluding carboxylic acids is 1. The average Bonchev–Trinajstić information content (AvgIpc) is 3.00. The van der Waals surface area contributed by atoms with Crippen LogP contribution in [0.2, 0.25) is 0 Å². The number of phenolic OH excluding ortho intramolecular Hbond substituents is 1. The quantitative estimate of drug-likeness (QED) is 0.476. The van der Waals surface area contributed by atoms with Crippen LogP contribution >= 0.6 is 0 Å². The van der Waals surface area contributed by atoms with Crippen molar-refractivity contribution in [3.8, 4) is 11.5 Å². The van der Waals surface area contributed by atoms with Gasteiger partial charge in [0.1, 0.15) is 11.5 Å². The fraction of sp³-hybridized carbons (Fsp3) is 0.318. The highest BCUT2D eigenvalue weighted by atomic mass is 16.6. The van der Waals surface area contributed by atoms with Crippen LogP contribution in [0.4, 0.5) is 5.69 Å². The van der Waals surface area contributed by atoms with Crippen LogP contribution in [0.1, 0.15) is 41.3 Å². The number of allylic oxidation sites excluding steroid dienone is 1. The number of likely N-dealkylation sites (tertiary alicyclic amines) is 1. The van der Waals surface area contributed by atoms with Crippen LogP contribution in [-0.4, -0.2) is 33.8 Å². The number of Topliss-reactive ketones (excluding diaryl/α,β-unsaturated/α-hetero) is 1. The van der Waals surface area contributed by atoms with Gasteiger partial charge in [0.25, 0.3) is 5.69 Å². The molecule has 0 saturated carbocycles. The number of ketones is 1. The monoisotopic (exact) mass is 394 g/mol. The molecule has 2 heterocycles. The van der Waals surface area contributed by atoms with Crippen LogP contribution in [0.5, 0.6) is 11.5 Å². The largest absolute Gasteiger partial charge is 0.507 e. The number of fused-ring (bicyclic) bond motifs is 1. The van der Waals surface area contributed by atoms with Gasteiger partial charge in [-0.15, -0.1) is 0 Å². The van der Waals surface area contributed by atoms with E-state index in [1.165, 1.54) is 24.6 Å². The van der Waals surface area contributed by atoms with Crippen LogP contribution < -0.4 is 4.74 Å². The van der Waals surface area contributed by atoms with Gasteiger partial charge in [-0.1, -0.05) is 6.92 Å². The number of phenols is 1. The molecule has 7 nitrogen and oxygen atoms in total. The van der Waals surface area contributed by atoms with Gasteiger partial charge in [0.15, 0.2) is 5.76 Å². The summed E-state index contributed by atoms with van der Waals surface area (Å²) in [6.07, 6.45) is 3.88. The van der Waals surface area contributed by atoms with Gasteiger partial charge in [-0.25, -0.2) is 0 Å². The van der Waals surface area contributed by atoms with Gasteiger partial charge in [0, 0.05) is 25.2 Å². The molecular formula is C22H22N2O5. The zero-order valence-electron chi connectivity index (χ0n) is 16.1. The summed E-state index contributed by atoms with van der Waals surface area (Å²) in [5.41, 5.74) is 1.66. The lowest BCUT2D eigenvalue weighted by Gasteiger charge is -2.31. The number of rotatable bonds is 4. The lowest BCUT2D eigenvalue weighted by Crippen LogP contribution is -2.33. The average molecular weight is 394 g/mol. The van der Waals surface area contributed by atoms with E-state index in [0.29, 0.717) is 34.9 Å². The van der Waals surface area contributed by atoms with Crippen LogP contribution in [0.3, 0.4) is 0 Å². The molecule has 0 bridgehead atoms. The first kappa shape index (κ1) is 19.1. The van der Waals surface area contributed by atoms with Crippen molar-refractivity contribution in [2.45, 2.75) is 26.3 Å². The van der Waals surface area contributed by atoms with E-state index >= 15 is 0 Å². The highest BCUT2D eigenvalue weighted by Crippen LogP contribution is 2.40. The topological polar surface area (TPSA) is 92.9 Å². The second-order valence-electron chi connectivity index (χ2n) is 7.71. The van der Waals surface area contributed by atoms with Crippen molar-refractivity contribution in [1.29, 1.82) is 0 Å². The van der Waals surface area contributed by atoms with E-state index in [9.17, 15) is 20.0 Å². The van der Waals surface area contributed by atoms with E-state index in [2.05, 4.69) is 11.8 Å². The highest BCUT2D eigenvalue weighted by molar-refractivity contribution is 6.15. The molecule has 29 heavy (non-hydrogen) atoms. The zero-order valence-corrected chi connectivity index (χ0v) is 16.1. The van der Waals surface area contributed by atoms with Crippen molar-refractivity contribution >= 4 is 17.5 Å². The Kier molecular flexibility index (Phi) is 5.07. The zero-order chi connectivity index (χ0) is 20.5. The first-order valence-electron chi connectivity index (χ1n) is 9.68. The fourth-order valence-electron chi connectivity index (χ4n) is 3.95. The molecule has 150 valence electrons. The Bertz CT molecular complexity index is 997. The van der Waals surface area contributed by atoms with E-state index in [0.717, 1.165) is 19.5 Å². The molecule has 0 amide bonds. The molecule has 1 fully saturated rings. The Balaban J connectivity index is 1.61. The van der Waals surface area contributed by atoms with Crippen LogP contribution in [0, 0.1) is 16.0 Å². The number of aromatic hydroxyl groups is 1. The van der Waals surface area contributed by atoms with Crippen LogP contribution in [0.15, 0.2) is 42.2 Å². The SMILES string of the molecule is C[C@H]1CCCN(Cc2c(O)ccc3c2O/C(=C\c2ccc([N+](=O)[O-])cc2)C3=O)C1. The summed E-state index contributed by atoms with van der Waals surface area (Å²) >= 11 is 0. The van der Waals surface area contributed by atoms with E-state index in [1.54, 1.807) is 24.3 Å². The lowest BCUT2D eigenvalue weighted by molar-refractivity contribution is -0.384. The minimum absolute atomic E-state index is 0.0166. The Hall–Kier alpha value is -3.19. The minimum atomic E-state index is -0.472. The van der Waals surface area contributed by atoms with Gasteiger partial charge in [-0.05, 0) is 61.2 Å². The molecule has 0 unspecified atom stereocenters. The van der Waals surface area contributed by atoms with Crippen molar-refractivity contribution in [2.24, 2.45) is 5.92 Å². The predicted octanol–water partition coefficient (Wildman–Crippen LogP) is 4.15. The second kappa shape index (κ2) is 7.67. The maximum absolute atomic E-state index is 12.8. The molecule has 0 radical (unpaired) electrons. The number of benzene rings is 2. The summed E-state index contributed by atoms with van der Waals surface area (Å²) < 4.78 is 5.87. The standard InChI is InChI=1S/C22H22N2O5/c1-14-3-2-10-23(12-14)13-18-19(25)9-8-17-21(26)20(29-22(17)18)11-15-4-6-16(7-5-15)24(27)28/h4-9,11,14,25H,2-3,10,12-13H2,1H3/b20-11-/t14-/m0/s1. The van der Waals surface area contributed by atoms with Gasteiger partial charge in [-0.3, -0.25) is 19.8 Å². The maximum atomic E-state index is 12.8. The first-order chi connectivity index (χ1) is 13.9. The highest BCUT2D eigenvalue weighted by Gasteiger charge is 2.32. The summed E-state index contributed by atoms with van der Waals surface area (Å²) in [6.45, 7) is 4.64.